The van der Waals surface area contributed by atoms with Crippen LogP contribution in [0.1, 0.15) is 12.8 Å². The van der Waals surface area contributed by atoms with E-state index < -0.39 is 5.97 Å². The van der Waals surface area contributed by atoms with Crippen molar-refractivity contribution in [2.24, 2.45) is 0 Å². The molecule has 0 unspecified atom stereocenters. The first kappa shape index (κ1) is 15.9. The largest absolute Gasteiger partial charge is 0.481 e. The number of ether oxygens (including phenoxy) is 1. The molecule has 0 aliphatic carbocycles. The average molecular weight is 320 g/mol. The van der Waals surface area contributed by atoms with Crippen LogP contribution in [0.15, 0.2) is 48.5 Å². The van der Waals surface area contributed by atoms with Crippen LogP contribution >= 0.6 is 11.6 Å². The Balaban J connectivity index is 1.91. The Kier molecular flexibility index (Phi) is 5.38. The van der Waals surface area contributed by atoms with E-state index in [2.05, 4.69) is 5.32 Å². The summed E-state index contributed by atoms with van der Waals surface area (Å²) in [6.07, 6.45) is -0.248. The monoisotopic (exact) mass is 319 g/mol. The summed E-state index contributed by atoms with van der Waals surface area (Å²) in [5.41, 5.74) is 0.582. The van der Waals surface area contributed by atoms with Gasteiger partial charge in [-0.1, -0.05) is 11.6 Å². The van der Waals surface area contributed by atoms with Gasteiger partial charge < -0.3 is 15.2 Å². The molecule has 0 heterocycles. The van der Waals surface area contributed by atoms with Gasteiger partial charge in [0.05, 0.1) is 6.42 Å². The fourth-order valence-corrected chi connectivity index (χ4v) is 1.81. The van der Waals surface area contributed by atoms with Crippen molar-refractivity contribution in [3.63, 3.8) is 0 Å². The summed E-state index contributed by atoms with van der Waals surface area (Å²) >= 11 is 5.80. The summed E-state index contributed by atoms with van der Waals surface area (Å²) < 4.78 is 5.62. The summed E-state index contributed by atoms with van der Waals surface area (Å²) in [5.74, 6) is -0.0656. The minimum atomic E-state index is -0.998. The van der Waals surface area contributed by atoms with Crippen LogP contribution < -0.4 is 10.1 Å². The molecule has 2 N–H and O–H groups in total. The molecule has 1 amide bonds. The molecule has 6 heteroatoms. The lowest BCUT2D eigenvalue weighted by Crippen LogP contribution is -2.12. The van der Waals surface area contributed by atoms with E-state index in [0.29, 0.717) is 22.2 Å². The molecule has 0 aromatic heterocycles. The summed E-state index contributed by atoms with van der Waals surface area (Å²) in [6.45, 7) is 0. The van der Waals surface area contributed by atoms with E-state index in [4.69, 9.17) is 21.4 Å². The van der Waals surface area contributed by atoms with Crippen LogP contribution in [0.25, 0.3) is 0 Å². The van der Waals surface area contributed by atoms with Gasteiger partial charge in [0.25, 0.3) is 0 Å². The van der Waals surface area contributed by atoms with Crippen LogP contribution in [-0.2, 0) is 9.59 Å². The zero-order chi connectivity index (χ0) is 15.9. The van der Waals surface area contributed by atoms with Crippen LogP contribution in [0.2, 0.25) is 5.02 Å². The molecule has 0 saturated heterocycles. The molecule has 0 bridgehead atoms. The van der Waals surface area contributed by atoms with Gasteiger partial charge in [-0.2, -0.15) is 0 Å². The third kappa shape index (κ3) is 5.10. The number of benzene rings is 2. The maximum atomic E-state index is 11.5. The van der Waals surface area contributed by atoms with Gasteiger partial charge in [-0.15, -0.1) is 0 Å². The Morgan fingerprint density at radius 1 is 0.955 bits per heavy atom. The first-order valence-corrected chi connectivity index (χ1v) is 6.96. The number of halogens is 1. The number of rotatable bonds is 6. The summed E-state index contributed by atoms with van der Waals surface area (Å²) in [4.78, 5) is 21.9. The van der Waals surface area contributed by atoms with Crippen LogP contribution in [0, 0.1) is 0 Å². The zero-order valence-electron chi connectivity index (χ0n) is 11.6. The second-order valence-electron chi connectivity index (χ2n) is 4.52. The Bertz CT molecular complexity index is 653. The fourth-order valence-electron chi connectivity index (χ4n) is 1.69. The molecule has 2 aromatic rings. The van der Waals surface area contributed by atoms with Gasteiger partial charge in [0.1, 0.15) is 11.5 Å². The van der Waals surface area contributed by atoms with E-state index in [1.165, 1.54) is 0 Å². The number of aliphatic carboxylic acids is 1. The van der Waals surface area contributed by atoms with E-state index in [0.717, 1.165) is 0 Å². The Hall–Kier alpha value is -2.53. The molecule has 0 atom stereocenters. The maximum Gasteiger partial charge on any atom is 0.303 e. The number of carboxylic acids is 1. The van der Waals surface area contributed by atoms with Gasteiger partial charge in [0.2, 0.25) is 5.91 Å². The third-order valence-corrected chi connectivity index (χ3v) is 3.01. The van der Waals surface area contributed by atoms with Crippen molar-refractivity contribution in [2.75, 3.05) is 5.32 Å². The van der Waals surface area contributed by atoms with Gasteiger partial charge in [-0.25, -0.2) is 0 Å². The molecule has 5 nitrogen and oxygen atoms in total. The van der Waals surface area contributed by atoms with Crippen molar-refractivity contribution >= 4 is 29.2 Å². The Morgan fingerprint density at radius 2 is 1.50 bits per heavy atom. The third-order valence-electron chi connectivity index (χ3n) is 2.75. The van der Waals surface area contributed by atoms with Gasteiger partial charge in [-0.05, 0) is 48.5 Å². The molecule has 0 aliphatic rings. The highest BCUT2D eigenvalue weighted by atomic mass is 35.5. The fraction of sp³-hybridized carbons (Fsp3) is 0.125. The van der Waals surface area contributed by atoms with Crippen LogP contribution in [-0.4, -0.2) is 17.0 Å². The van der Waals surface area contributed by atoms with Crippen molar-refractivity contribution in [3.05, 3.63) is 53.6 Å². The summed E-state index contributed by atoms with van der Waals surface area (Å²) in [6, 6.07) is 13.8. The molecule has 114 valence electrons. The predicted molar refractivity (Wildman–Crippen MR) is 83.5 cm³/mol. The first-order valence-electron chi connectivity index (χ1n) is 6.58. The minimum Gasteiger partial charge on any atom is -0.481 e. The predicted octanol–water partition coefficient (Wildman–Crippen LogP) is 3.94. The number of carbonyl (C=O) groups is 2. The molecule has 2 aromatic carbocycles. The highest BCUT2D eigenvalue weighted by Crippen LogP contribution is 2.24. The van der Waals surface area contributed by atoms with E-state index in [9.17, 15) is 9.59 Å². The molecule has 0 saturated carbocycles. The van der Waals surface area contributed by atoms with Crippen LogP contribution in [0.3, 0.4) is 0 Å². The summed E-state index contributed by atoms with van der Waals surface area (Å²) in [7, 11) is 0. The molecule has 0 spiro atoms. The lowest BCUT2D eigenvalue weighted by atomic mass is 10.2. The second-order valence-corrected chi connectivity index (χ2v) is 4.96. The topological polar surface area (TPSA) is 75.6 Å². The van der Waals surface area contributed by atoms with Crippen LogP contribution in [0.4, 0.5) is 5.69 Å². The lowest BCUT2D eigenvalue weighted by Gasteiger charge is -2.08. The smallest absolute Gasteiger partial charge is 0.303 e. The van der Waals surface area contributed by atoms with Crippen molar-refractivity contribution in [3.8, 4) is 11.5 Å². The normalized spacial score (nSPS) is 10.0. The molecule has 0 aliphatic heterocycles. The number of anilines is 1. The van der Waals surface area contributed by atoms with Gasteiger partial charge in [0, 0.05) is 17.1 Å². The van der Waals surface area contributed by atoms with E-state index in [-0.39, 0.29) is 18.7 Å². The quantitative estimate of drug-likeness (QED) is 0.845. The van der Waals surface area contributed by atoms with Crippen LogP contribution in [0.5, 0.6) is 11.5 Å². The first-order chi connectivity index (χ1) is 10.5. The Labute approximate surface area is 132 Å². The molecular formula is C16H14ClNO4. The molecule has 0 radical (unpaired) electrons. The average Bonchev–Trinajstić information content (AvgIpc) is 2.49. The van der Waals surface area contributed by atoms with Crippen molar-refractivity contribution in [1.82, 2.24) is 0 Å². The number of nitrogens with one attached hydrogen (secondary N) is 1. The summed E-state index contributed by atoms with van der Waals surface area (Å²) in [5, 5.41) is 11.8. The van der Waals surface area contributed by atoms with Gasteiger partial charge in [0.15, 0.2) is 0 Å². The van der Waals surface area contributed by atoms with Gasteiger partial charge in [-0.3, -0.25) is 9.59 Å². The number of hydrogen-bond acceptors (Lipinski definition) is 3. The molecular weight excluding hydrogens is 306 g/mol. The van der Waals surface area contributed by atoms with Crippen molar-refractivity contribution in [2.45, 2.75) is 12.8 Å². The minimum absolute atomic E-state index is 0.0572. The number of hydrogen-bond donors (Lipinski definition) is 2. The second kappa shape index (κ2) is 7.47. The highest BCUT2D eigenvalue weighted by Gasteiger charge is 2.06. The number of carboxylic acid groups (broad SMARTS) is 1. The Morgan fingerprint density at radius 3 is 2.05 bits per heavy atom. The zero-order valence-corrected chi connectivity index (χ0v) is 12.3. The standard InChI is InChI=1S/C16H14ClNO4/c17-11-1-5-13(6-2-11)22-14-7-3-12(4-8-14)18-15(19)9-10-16(20)21/h1-8H,9-10H2,(H,18,19)(H,20,21). The van der Waals surface area contributed by atoms with Crippen molar-refractivity contribution < 1.29 is 19.4 Å². The van der Waals surface area contributed by atoms with Crippen molar-refractivity contribution in [1.29, 1.82) is 0 Å². The van der Waals surface area contributed by atoms with E-state index in [1.807, 2.05) is 0 Å². The van der Waals surface area contributed by atoms with E-state index >= 15 is 0 Å². The maximum absolute atomic E-state index is 11.5. The SMILES string of the molecule is O=C(O)CCC(=O)Nc1ccc(Oc2ccc(Cl)cc2)cc1. The highest BCUT2D eigenvalue weighted by molar-refractivity contribution is 6.30. The molecule has 2 rings (SSSR count). The van der Waals surface area contributed by atoms with Gasteiger partial charge >= 0.3 is 5.97 Å². The molecule has 0 fully saturated rings. The lowest BCUT2D eigenvalue weighted by molar-refractivity contribution is -0.138. The van der Waals surface area contributed by atoms with E-state index in [1.54, 1.807) is 48.5 Å². The number of amides is 1. The number of carbonyl (C=O) groups excluding carboxylic acids is 1. The molecule has 22 heavy (non-hydrogen) atoms.